The molecule has 0 amide bonds. The van der Waals surface area contributed by atoms with E-state index >= 15 is 0 Å². The van der Waals surface area contributed by atoms with Crippen LogP contribution < -0.4 is 5.32 Å². The van der Waals surface area contributed by atoms with Crippen LogP contribution in [0.3, 0.4) is 0 Å². The van der Waals surface area contributed by atoms with E-state index in [9.17, 15) is 4.79 Å². The number of carbonyl (C=O) groups excluding carboxylic acids is 1. The molecule has 3 heteroatoms. The molecule has 0 unspecified atom stereocenters. The van der Waals surface area contributed by atoms with Gasteiger partial charge in [0, 0.05) is 23.6 Å². The predicted molar refractivity (Wildman–Crippen MR) is 68.1 cm³/mol. The summed E-state index contributed by atoms with van der Waals surface area (Å²) in [6.45, 7) is 5.98. The molecule has 88 valence electrons. The van der Waals surface area contributed by atoms with Crippen LogP contribution in [0.1, 0.15) is 30.6 Å². The molecule has 1 rings (SSSR count). The second kappa shape index (κ2) is 6.66. The molecule has 0 radical (unpaired) electrons. The van der Waals surface area contributed by atoms with Crippen molar-refractivity contribution in [3.63, 3.8) is 0 Å². The highest BCUT2D eigenvalue weighted by atomic mass is 35.5. The Balaban J connectivity index is 2.32. The molecule has 0 bridgehead atoms. The van der Waals surface area contributed by atoms with Crippen molar-refractivity contribution in [3.8, 4) is 0 Å². The average molecular weight is 240 g/mol. The van der Waals surface area contributed by atoms with Gasteiger partial charge in [-0.3, -0.25) is 4.79 Å². The standard InChI is InChI=1S/C13H18ClNO/c1-10(2)9-15-8-7-13(16)11-3-5-12(14)6-4-11/h3-6,10,15H,7-9H2,1-2H3. The number of halogens is 1. The molecule has 1 aromatic carbocycles. The smallest absolute Gasteiger partial charge is 0.164 e. The molecule has 0 aliphatic rings. The lowest BCUT2D eigenvalue weighted by atomic mass is 10.1. The van der Waals surface area contributed by atoms with E-state index in [0.717, 1.165) is 18.7 Å². The highest BCUT2D eigenvalue weighted by molar-refractivity contribution is 6.30. The Labute approximate surface area is 102 Å². The number of hydrogen-bond acceptors (Lipinski definition) is 2. The number of carbonyl (C=O) groups is 1. The third-order valence-electron chi connectivity index (χ3n) is 2.25. The maximum atomic E-state index is 11.7. The molecule has 1 N–H and O–H groups in total. The van der Waals surface area contributed by atoms with Crippen molar-refractivity contribution >= 4 is 17.4 Å². The van der Waals surface area contributed by atoms with Gasteiger partial charge < -0.3 is 5.32 Å². The molecule has 0 heterocycles. The zero-order chi connectivity index (χ0) is 12.0. The van der Waals surface area contributed by atoms with Crippen molar-refractivity contribution in [1.82, 2.24) is 5.32 Å². The number of hydrogen-bond donors (Lipinski definition) is 1. The van der Waals surface area contributed by atoms with E-state index in [0.29, 0.717) is 17.4 Å². The van der Waals surface area contributed by atoms with E-state index in [1.807, 2.05) is 0 Å². The van der Waals surface area contributed by atoms with Crippen LogP contribution in [-0.2, 0) is 0 Å². The van der Waals surface area contributed by atoms with E-state index in [-0.39, 0.29) is 5.78 Å². The van der Waals surface area contributed by atoms with Crippen LogP contribution in [0.15, 0.2) is 24.3 Å². The molecule has 2 nitrogen and oxygen atoms in total. The van der Waals surface area contributed by atoms with Crippen LogP contribution in [0, 0.1) is 5.92 Å². The van der Waals surface area contributed by atoms with Crippen LogP contribution in [0.2, 0.25) is 5.02 Å². The Hall–Kier alpha value is -0.860. The molecule has 0 spiro atoms. The monoisotopic (exact) mass is 239 g/mol. The van der Waals surface area contributed by atoms with Crippen molar-refractivity contribution in [1.29, 1.82) is 0 Å². The predicted octanol–water partition coefficient (Wildman–Crippen LogP) is 3.16. The highest BCUT2D eigenvalue weighted by Gasteiger charge is 2.04. The normalized spacial score (nSPS) is 10.8. The van der Waals surface area contributed by atoms with Gasteiger partial charge in [-0.05, 0) is 36.7 Å². The summed E-state index contributed by atoms with van der Waals surface area (Å²) < 4.78 is 0. The van der Waals surface area contributed by atoms with Crippen molar-refractivity contribution in [2.75, 3.05) is 13.1 Å². The highest BCUT2D eigenvalue weighted by Crippen LogP contribution is 2.10. The molecule has 0 atom stereocenters. The molecule has 0 aliphatic heterocycles. The Kier molecular flexibility index (Phi) is 5.50. The quantitative estimate of drug-likeness (QED) is 0.610. The molecule has 0 fully saturated rings. The van der Waals surface area contributed by atoms with Gasteiger partial charge in [0.1, 0.15) is 0 Å². The zero-order valence-electron chi connectivity index (χ0n) is 9.79. The molecular weight excluding hydrogens is 222 g/mol. The number of benzene rings is 1. The summed E-state index contributed by atoms with van der Waals surface area (Å²) in [5, 5.41) is 3.91. The Morgan fingerprint density at radius 3 is 2.50 bits per heavy atom. The Bertz CT molecular complexity index is 332. The van der Waals surface area contributed by atoms with Crippen LogP contribution in [0.5, 0.6) is 0 Å². The van der Waals surface area contributed by atoms with E-state index in [4.69, 9.17) is 11.6 Å². The minimum atomic E-state index is 0.160. The van der Waals surface area contributed by atoms with Gasteiger partial charge in [-0.25, -0.2) is 0 Å². The molecular formula is C13H18ClNO. The summed E-state index contributed by atoms with van der Waals surface area (Å²) in [6, 6.07) is 7.03. The fourth-order valence-electron chi connectivity index (χ4n) is 1.37. The molecule has 0 aliphatic carbocycles. The van der Waals surface area contributed by atoms with Gasteiger partial charge in [0.2, 0.25) is 0 Å². The fourth-order valence-corrected chi connectivity index (χ4v) is 1.50. The second-order valence-corrected chi connectivity index (χ2v) is 4.71. The maximum absolute atomic E-state index is 11.7. The van der Waals surface area contributed by atoms with E-state index in [1.54, 1.807) is 24.3 Å². The number of nitrogens with one attached hydrogen (secondary N) is 1. The van der Waals surface area contributed by atoms with Crippen LogP contribution in [0.4, 0.5) is 0 Å². The minimum Gasteiger partial charge on any atom is -0.316 e. The molecule has 0 aromatic heterocycles. The lowest BCUT2D eigenvalue weighted by molar-refractivity contribution is 0.0982. The lowest BCUT2D eigenvalue weighted by Crippen LogP contribution is -2.22. The van der Waals surface area contributed by atoms with Gasteiger partial charge in [-0.15, -0.1) is 0 Å². The first-order valence-corrected chi connectivity index (χ1v) is 5.97. The maximum Gasteiger partial charge on any atom is 0.164 e. The largest absolute Gasteiger partial charge is 0.316 e. The van der Waals surface area contributed by atoms with Crippen molar-refractivity contribution < 1.29 is 4.79 Å². The summed E-state index contributed by atoms with van der Waals surface area (Å²) in [6.07, 6.45) is 0.536. The van der Waals surface area contributed by atoms with Crippen LogP contribution in [0.25, 0.3) is 0 Å². The minimum absolute atomic E-state index is 0.160. The first kappa shape index (κ1) is 13.2. The van der Waals surface area contributed by atoms with Gasteiger partial charge in [0.25, 0.3) is 0 Å². The van der Waals surface area contributed by atoms with Gasteiger partial charge >= 0.3 is 0 Å². The summed E-state index contributed by atoms with van der Waals surface area (Å²) in [5.41, 5.74) is 0.732. The van der Waals surface area contributed by atoms with E-state index in [2.05, 4.69) is 19.2 Å². The average Bonchev–Trinajstić information content (AvgIpc) is 2.25. The zero-order valence-corrected chi connectivity index (χ0v) is 10.6. The van der Waals surface area contributed by atoms with Crippen molar-refractivity contribution in [2.24, 2.45) is 5.92 Å². The second-order valence-electron chi connectivity index (χ2n) is 4.28. The number of ketones is 1. The van der Waals surface area contributed by atoms with Gasteiger partial charge in [-0.2, -0.15) is 0 Å². The first-order valence-electron chi connectivity index (χ1n) is 5.59. The van der Waals surface area contributed by atoms with E-state index in [1.165, 1.54) is 0 Å². The third-order valence-corrected chi connectivity index (χ3v) is 2.50. The third kappa shape index (κ3) is 4.77. The summed E-state index contributed by atoms with van der Waals surface area (Å²) in [4.78, 5) is 11.7. The van der Waals surface area contributed by atoms with E-state index < -0.39 is 0 Å². The Morgan fingerprint density at radius 1 is 1.31 bits per heavy atom. The summed E-state index contributed by atoms with van der Waals surface area (Å²) >= 11 is 5.75. The molecule has 0 saturated carbocycles. The van der Waals surface area contributed by atoms with Crippen LogP contribution in [-0.4, -0.2) is 18.9 Å². The van der Waals surface area contributed by atoms with Gasteiger partial charge in [0.15, 0.2) is 5.78 Å². The lowest BCUT2D eigenvalue weighted by Gasteiger charge is -2.06. The first-order chi connectivity index (χ1) is 7.59. The summed E-state index contributed by atoms with van der Waals surface area (Å²) in [5.74, 6) is 0.776. The van der Waals surface area contributed by atoms with Crippen molar-refractivity contribution in [2.45, 2.75) is 20.3 Å². The summed E-state index contributed by atoms with van der Waals surface area (Å²) in [7, 11) is 0. The molecule has 1 aromatic rings. The topological polar surface area (TPSA) is 29.1 Å². The SMILES string of the molecule is CC(C)CNCCC(=O)c1ccc(Cl)cc1. The molecule has 0 saturated heterocycles. The fraction of sp³-hybridized carbons (Fsp3) is 0.462. The van der Waals surface area contributed by atoms with Gasteiger partial charge in [-0.1, -0.05) is 25.4 Å². The molecule has 16 heavy (non-hydrogen) atoms. The van der Waals surface area contributed by atoms with Gasteiger partial charge in [0.05, 0.1) is 0 Å². The number of Topliss-reactive ketones (excluding diaryl/α,β-unsaturated/α-hetero) is 1. The van der Waals surface area contributed by atoms with Crippen molar-refractivity contribution in [3.05, 3.63) is 34.9 Å². The Morgan fingerprint density at radius 2 is 1.94 bits per heavy atom. The number of rotatable bonds is 6. The van der Waals surface area contributed by atoms with Crippen LogP contribution >= 0.6 is 11.6 Å².